The predicted octanol–water partition coefficient (Wildman–Crippen LogP) is 4.93. The van der Waals surface area contributed by atoms with Gasteiger partial charge in [-0.05, 0) is 61.4 Å². The number of carbonyl (C=O) groups excluding carboxylic acids is 1. The Morgan fingerprint density at radius 1 is 1.22 bits per heavy atom. The second-order valence-electron chi connectivity index (χ2n) is 6.26. The summed E-state index contributed by atoms with van der Waals surface area (Å²) in [6.45, 7) is 1.99. The lowest BCUT2D eigenvalue weighted by Crippen LogP contribution is -2.26. The number of hydrogen-bond donors (Lipinski definition) is 0. The predicted molar refractivity (Wildman–Crippen MR) is 105 cm³/mol. The van der Waals surface area contributed by atoms with Crippen molar-refractivity contribution in [2.75, 3.05) is 11.9 Å². The zero-order valence-corrected chi connectivity index (χ0v) is 16.7. The van der Waals surface area contributed by atoms with Crippen molar-refractivity contribution in [3.8, 4) is 11.4 Å². The van der Waals surface area contributed by atoms with Gasteiger partial charge in [-0.15, -0.1) is 0 Å². The summed E-state index contributed by atoms with van der Waals surface area (Å²) in [5.41, 5.74) is 2.62. The summed E-state index contributed by atoms with van der Waals surface area (Å²) in [5.74, 6) is 0.587. The van der Waals surface area contributed by atoms with Crippen molar-refractivity contribution in [2.24, 2.45) is 0 Å². The van der Waals surface area contributed by atoms with Gasteiger partial charge in [-0.3, -0.25) is 4.79 Å². The van der Waals surface area contributed by atoms with Crippen LogP contribution in [-0.4, -0.2) is 23.1 Å². The second-order valence-corrected chi connectivity index (χ2v) is 7.11. The molecule has 1 amide bonds. The van der Waals surface area contributed by atoms with Gasteiger partial charge in [0, 0.05) is 35.6 Å². The molecule has 0 spiro atoms. The highest BCUT2D eigenvalue weighted by molar-refractivity contribution is 9.10. The minimum absolute atomic E-state index is 0.0231. The number of benzene rings is 2. The van der Waals surface area contributed by atoms with Gasteiger partial charge in [-0.1, -0.05) is 21.1 Å². The van der Waals surface area contributed by atoms with Gasteiger partial charge in [0.05, 0.1) is 0 Å². The van der Waals surface area contributed by atoms with Crippen LogP contribution in [0, 0.1) is 12.7 Å². The summed E-state index contributed by atoms with van der Waals surface area (Å²) in [5, 5.41) is 3.91. The summed E-state index contributed by atoms with van der Waals surface area (Å²) >= 11 is 3.46. The van der Waals surface area contributed by atoms with Gasteiger partial charge in [0.15, 0.2) is 0 Å². The Hall–Kier alpha value is -2.54. The third-order valence-electron chi connectivity index (χ3n) is 4.25. The van der Waals surface area contributed by atoms with Gasteiger partial charge in [0.2, 0.25) is 17.6 Å². The van der Waals surface area contributed by atoms with Crippen LogP contribution in [0.3, 0.4) is 0 Å². The summed E-state index contributed by atoms with van der Waals surface area (Å²) in [7, 11) is 1.77. The Morgan fingerprint density at radius 2 is 1.96 bits per heavy atom. The number of aryl methyl sites for hydroxylation is 2. The first kappa shape index (κ1) is 19.2. The molecule has 140 valence electrons. The van der Waals surface area contributed by atoms with Crippen LogP contribution in [0.15, 0.2) is 51.5 Å². The third kappa shape index (κ3) is 4.80. The Morgan fingerprint density at radius 3 is 2.67 bits per heavy atom. The monoisotopic (exact) mass is 431 g/mol. The smallest absolute Gasteiger partial charge is 0.226 e. The molecule has 27 heavy (non-hydrogen) atoms. The van der Waals surface area contributed by atoms with Crippen molar-refractivity contribution in [1.29, 1.82) is 0 Å². The minimum atomic E-state index is -0.314. The lowest BCUT2D eigenvalue weighted by Gasteiger charge is -2.18. The molecule has 1 heterocycles. The molecule has 0 saturated carbocycles. The molecule has 0 bridgehead atoms. The molecular formula is C20H19BrFN3O2. The first-order valence-electron chi connectivity index (χ1n) is 8.55. The molecule has 0 aliphatic rings. The average molecular weight is 432 g/mol. The van der Waals surface area contributed by atoms with E-state index in [2.05, 4.69) is 26.1 Å². The summed E-state index contributed by atoms with van der Waals surface area (Å²) in [6.07, 6.45) is 1.48. The van der Waals surface area contributed by atoms with Gasteiger partial charge in [-0.25, -0.2) is 4.39 Å². The topological polar surface area (TPSA) is 59.2 Å². The number of anilines is 1. The van der Waals surface area contributed by atoms with E-state index in [-0.39, 0.29) is 11.7 Å². The largest absolute Gasteiger partial charge is 0.339 e. The Labute approximate surface area is 165 Å². The molecule has 0 saturated heterocycles. The molecule has 7 heteroatoms. The molecular weight excluding hydrogens is 413 g/mol. The van der Waals surface area contributed by atoms with Crippen molar-refractivity contribution < 1.29 is 13.7 Å². The first-order chi connectivity index (χ1) is 12.9. The Balaban J connectivity index is 1.54. The lowest BCUT2D eigenvalue weighted by atomic mass is 10.2. The lowest BCUT2D eigenvalue weighted by molar-refractivity contribution is -0.118. The van der Waals surface area contributed by atoms with E-state index < -0.39 is 0 Å². The molecule has 1 aromatic heterocycles. The van der Waals surface area contributed by atoms with E-state index in [1.165, 1.54) is 12.1 Å². The molecule has 0 atom stereocenters. The number of aromatic nitrogens is 2. The number of rotatable bonds is 6. The van der Waals surface area contributed by atoms with Gasteiger partial charge < -0.3 is 9.42 Å². The van der Waals surface area contributed by atoms with E-state index in [1.807, 2.05) is 25.1 Å². The Bertz CT molecular complexity index is 941. The molecule has 0 radical (unpaired) electrons. The molecule has 3 rings (SSSR count). The summed E-state index contributed by atoms with van der Waals surface area (Å²) in [6, 6.07) is 11.7. The van der Waals surface area contributed by atoms with Crippen molar-refractivity contribution >= 4 is 27.5 Å². The standard InChI is InChI=1S/C20H19BrFN3O2/c1-13-12-16(10-11-17(13)21)25(2)19(26)5-3-4-18-23-20(24-27-18)14-6-8-15(22)9-7-14/h6-12H,3-5H2,1-2H3. The molecule has 0 aliphatic carbocycles. The number of nitrogens with zero attached hydrogens (tertiary/aromatic N) is 3. The maximum atomic E-state index is 13.0. The van der Waals surface area contributed by atoms with Gasteiger partial charge in [0.25, 0.3) is 0 Å². The van der Waals surface area contributed by atoms with Crippen LogP contribution in [-0.2, 0) is 11.2 Å². The highest BCUT2D eigenvalue weighted by Crippen LogP contribution is 2.23. The number of amides is 1. The number of halogens is 2. The van der Waals surface area contributed by atoms with Gasteiger partial charge in [0.1, 0.15) is 5.82 Å². The molecule has 0 fully saturated rings. The van der Waals surface area contributed by atoms with Crippen molar-refractivity contribution in [3.05, 3.63) is 64.2 Å². The van der Waals surface area contributed by atoms with Gasteiger partial charge >= 0.3 is 0 Å². The summed E-state index contributed by atoms with van der Waals surface area (Å²) in [4.78, 5) is 18.4. The maximum Gasteiger partial charge on any atom is 0.226 e. The third-order valence-corrected chi connectivity index (χ3v) is 5.14. The van der Waals surface area contributed by atoms with E-state index in [0.717, 1.165) is 15.7 Å². The van der Waals surface area contributed by atoms with E-state index in [1.54, 1.807) is 24.1 Å². The van der Waals surface area contributed by atoms with E-state index in [4.69, 9.17) is 4.52 Å². The van der Waals surface area contributed by atoms with Gasteiger partial charge in [-0.2, -0.15) is 4.98 Å². The molecule has 0 aliphatic heterocycles. The normalized spacial score (nSPS) is 10.8. The zero-order valence-electron chi connectivity index (χ0n) is 15.1. The highest BCUT2D eigenvalue weighted by atomic mass is 79.9. The molecule has 2 aromatic carbocycles. The number of hydrogen-bond acceptors (Lipinski definition) is 4. The SMILES string of the molecule is Cc1cc(N(C)C(=O)CCCc2nc(-c3ccc(F)cc3)no2)ccc1Br. The van der Waals surface area contributed by atoms with Crippen LogP contribution < -0.4 is 4.90 Å². The van der Waals surface area contributed by atoms with E-state index in [0.29, 0.717) is 36.5 Å². The molecule has 3 aromatic rings. The molecule has 5 nitrogen and oxygen atoms in total. The highest BCUT2D eigenvalue weighted by Gasteiger charge is 2.13. The van der Waals surface area contributed by atoms with E-state index >= 15 is 0 Å². The minimum Gasteiger partial charge on any atom is -0.339 e. The van der Waals surface area contributed by atoms with Crippen LogP contribution in [0.4, 0.5) is 10.1 Å². The van der Waals surface area contributed by atoms with Crippen molar-refractivity contribution in [2.45, 2.75) is 26.2 Å². The fourth-order valence-corrected chi connectivity index (χ4v) is 2.86. The van der Waals surface area contributed by atoms with Crippen LogP contribution in [0.25, 0.3) is 11.4 Å². The molecule has 0 unspecified atom stereocenters. The quantitative estimate of drug-likeness (QED) is 0.554. The van der Waals surface area contributed by atoms with Crippen molar-refractivity contribution in [1.82, 2.24) is 10.1 Å². The van der Waals surface area contributed by atoms with Crippen LogP contribution >= 0.6 is 15.9 Å². The van der Waals surface area contributed by atoms with Crippen LogP contribution in [0.1, 0.15) is 24.3 Å². The first-order valence-corrected chi connectivity index (χ1v) is 9.34. The fourth-order valence-electron chi connectivity index (χ4n) is 2.61. The fraction of sp³-hybridized carbons (Fsp3) is 0.250. The summed E-state index contributed by atoms with van der Waals surface area (Å²) < 4.78 is 19.2. The van der Waals surface area contributed by atoms with Crippen LogP contribution in [0.5, 0.6) is 0 Å². The molecule has 0 N–H and O–H groups in total. The second kappa shape index (κ2) is 8.43. The zero-order chi connectivity index (χ0) is 19.4. The maximum absolute atomic E-state index is 13.0. The van der Waals surface area contributed by atoms with E-state index in [9.17, 15) is 9.18 Å². The Kier molecular flexibility index (Phi) is 6.01. The average Bonchev–Trinajstić information content (AvgIpc) is 3.12. The number of carbonyl (C=O) groups is 1. The van der Waals surface area contributed by atoms with Crippen molar-refractivity contribution in [3.63, 3.8) is 0 Å². The van der Waals surface area contributed by atoms with Crippen LogP contribution in [0.2, 0.25) is 0 Å².